The Labute approximate surface area is 227 Å². The van der Waals surface area contributed by atoms with Gasteiger partial charge in [0.15, 0.2) is 6.29 Å². The maximum atomic E-state index is 12.5. The molecule has 3 aliphatic rings. The molecule has 3 fully saturated rings. The van der Waals surface area contributed by atoms with Crippen molar-refractivity contribution in [2.75, 3.05) is 44.2 Å². The minimum Gasteiger partial charge on any atom is -0.350 e. The molecule has 0 spiro atoms. The van der Waals surface area contributed by atoms with E-state index in [9.17, 15) is 14.4 Å². The van der Waals surface area contributed by atoms with Crippen LogP contribution in [-0.4, -0.2) is 89.2 Å². The first-order valence-corrected chi connectivity index (χ1v) is 13.5. The van der Waals surface area contributed by atoms with Crippen molar-refractivity contribution >= 4 is 29.7 Å². The lowest BCUT2D eigenvalue weighted by Crippen LogP contribution is -2.52. The number of imide groups is 1. The Hall–Kier alpha value is -3.67. The van der Waals surface area contributed by atoms with Crippen LogP contribution in [0.15, 0.2) is 48.8 Å². The van der Waals surface area contributed by atoms with Gasteiger partial charge in [0, 0.05) is 71.0 Å². The molecule has 1 aromatic carbocycles. The maximum Gasteiger partial charge on any atom is 0.278 e. The second kappa shape index (κ2) is 12.9. The van der Waals surface area contributed by atoms with E-state index in [1.807, 2.05) is 42.5 Å². The summed E-state index contributed by atoms with van der Waals surface area (Å²) < 4.78 is 5.45. The van der Waals surface area contributed by atoms with E-state index in [0.717, 1.165) is 37.9 Å². The highest BCUT2D eigenvalue weighted by atomic mass is 16.8. The Kier molecular flexibility index (Phi) is 8.92. The monoisotopic (exact) mass is 534 g/mol. The summed E-state index contributed by atoms with van der Waals surface area (Å²) in [6.45, 7) is 4.03. The number of likely N-dealkylation sites (tertiary alicyclic amines) is 1. The first kappa shape index (κ1) is 26.9. The van der Waals surface area contributed by atoms with Crippen LogP contribution >= 0.6 is 0 Å². The molecule has 2 aromatic rings. The van der Waals surface area contributed by atoms with Crippen LogP contribution < -0.4 is 10.4 Å². The summed E-state index contributed by atoms with van der Waals surface area (Å²) in [5.74, 6) is -0.0969. The van der Waals surface area contributed by atoms with Gasteiger partial charge in [0.2, 0.25) is 17.8 Å². The van der Waals surface area contributed by atoms with E-state index in [4.69, 9.17) is 9.57 Å². The molecule has 0 aliphatic carbocycles. The summed E-state index contributed by atoms with van der Waals surface area (Å²) in [5.41, 5.74) is 3.75. The first-order chi connectivity index (χ1) is 19.1. The number of carbonyl (C=O) groups is 3. The number of amides is 3. The van der Waals surface area contributed by atoms with Crippen LogP contribution in [0.3, 0.4) is 0 Å². The minimum atomic E-state index is -0.422. The van der Waals surface area contributed by atoms with Crippen molar-refractivity contribution in [1.29, 1.82) is 0 Å². The third kappa shape index (κ3) is 7.05. The minimum absolute atomic E-state index is 0.115. The van der Waals surface area contributed by atoms with Gasteiger partial charge in [-0.1, -0.05) is 42.5 Å². The van der Waals surface area contributed by atoms with E-state index in [1.54, 1.807) is 0 Å². The molecule has 0 bridgehead atoms. The van der Waals surface area contributed by atoms with Gasteiger partial charge in [-0.05, 0) is 18.4 Å². The molecule has 0 radical (unpaired) electrons. The number of piperazine rings is 1. The molecule has 11 heteroatoms. The number of rotatable bonds is 9. The number of nitrogens with one attached hydrogen (secondary N) is 1. The first-order valence-electron chi connectivity index (χ1n) is 13.5. The summed E-state index contributed by atoms with van der Waals surface area (Å²) in [6, 6.07) is 9.54. The van der Waals surface area contributed by atoms with Crippen molar-refractivity contribution in [2.45, 2.75) is 44.4 Å². The Bertz CT molecular complexity index is 1140. The summed E-state index contributed by atoms with van der Waals surface area (Å²) in [7, 11) is 0. The third-order valence-electron chi connectivity index (χ3n) is 7.15. The quantitative estimate of drug-likeness (QED) is 0.381. The van der Waals surface area contributed by atoms with Crippen LogP contribution in [0.1, 0.15) is 48.0 Å². The molecule has 1 aromatic heterocycles. The molecule has 39 heavy (non-hydrogen) atoms. The molecule has 11 nitrogen and oxygen atoms in total. The smallest absolute Gasteiger partial charge is 0.278 e. The Morgan fingerprint density at radius 2 is 1.77 bits per heavy atom. The van der Waals surface area contributed by atoms with Gasteiger partial charge in [0.25, 0.3) is 5.91 Å². The Morgan fingerprint density at radius 1 is 1.05 bits per heavy atom. The molecule has 3 aliphatic heterocycles. The van der Waals surface area contributed by atoms with E-state index >= 15 is 0 Å². The Morgan fingerprint density at radius 3 is 2.44 bits per heavy atom. The van der Waals surface area contributed by atoms with Crippen LogP contribution in [0.25, 0.3) is 6.08 Å². The van der Waals surface area contributed by atoms with Crippen molar-refractivity contribution in [3.8, 4) is 0 Å². The van der Waals surface area contributed by atoms with Crippen LogP contribution in [0.5, 0.6) is 0 Å². The van der Waals surface area contributed by atoms with Gasteiger partial charge in [-0.25, -0.2) is 20.3 Å². The van der Waals surface area contributed by atoms with Gasteiger partial charge >= 0.3 is 0 Å². The zero-order valence-corrected chi connectivity index (χ0v) is 21.9. The average molecular weight is 535 g/mol. The van der Waals surface area contributed by atoms with E-state index < -0.39 is 12.2 Å². The van der Waals surface area contributed by atoms with Crippen molar-refractivity contribution in [3.05, 3.63) is 59.9 Å². The summed E-state index contributed by atoms with van der Waals surface area (Å²) in [4.78, 5) is 57.2. The number of carbonyl (C=O) groups excluding carboxylic acids is 3. The van der Waals surface area contributed by atoms with Crippen LogP contribution in [0.4, 0.5) is 5.95 Å². The molecule has 4 heterocycles. The lowest BCUT2D eigenvalue weighted by atomic mass is 10.1. The molecule has 1 N–H and O–H groups in total. The van der Waals surface area contributed by atoms with Gasteiger partial charge in [-0.15, -0.1) is 0 Å². The van der Waals surface area contributed by atoms with E-state index in [2.05, 4.69) is 25.2 Å². The molecule has 0 saturated carbocycles. The van der Waals surface area contributed by atoms with Crippen molar-refractivity contribution < 1.29 is 24.0 Å². The molecule has 2 unspecified atom stereocenters. The van der Waals surface area contributed by atoms with Crippen molar-refractivity contribution in [2.24, 2.45) is 0 Å². The lowest BCUT2D eigenvalue weighted by Gasteiger charge is -2.37. The molecule has 3 amide bonds. The predicted octanol–water partition coefficient (Wildman–Crippen LogP) is 2.02. The van der Waals surface area contributed by atoms with Crippen LogP contribution in [0, 0.1) is 0 Å². The largest absolute Gasteiger partial charge is 0.350 e. The van der Waals surface area contributed by atoms with Gasteiger partial charge in [-0.3, -0.25) is 24.2 Å². The average Bonchev–Trinajstić information content (AvgIpc) is 3.32. The normalized spacial score (nSPS) is 21.5. The summed E-state index contributed by atoms with van der Waals surface area (Å²) >= 11 is 0. The number of ether oxygens (including phenoxy) is 1. The number of hydrogen-bond donors (Lipinski definition) is 1. The van der Waals surface area contributed by atoms with E-state index in [1.165, 1.54) is 17.3 Å². The Balaban J connectivity index is 1.14. The molecule has 2 atom stereocenters. The second-order valence-corrected chi connectivity index (χ2v) is 9.90. The van der Waals surface area contributed by atoms with Gasteiger partial charge in [-0.2, -0.15) is 0 Å². The zero-order chi connectivity index (χ0) is 27.0. The summed E-state index contributed by atoms with van der Waals surface area (Å²) in [5, 5.41) is 0. The standard InChI is InChI=1S/C28H34N6O5/c35-24-11-12-25(36)34(24)23(10-9-21-6-2-1-3-7-21)20-32-13-15-33(16-14-32)28-29-18-22(19-30-28)27(37)31-39-26-8-4-5-17-38-26/h1-3,6-7,9-10,18-19,23,26H,4-5,8,11-17,20H2,(H,31,37)/b10-9+. The fraction of sp³-hybridized carbons (Fsp3) is 0.464. The number of benzene rings is 1. The highest BCUT2D eigenvalue weighted by Crippen LogP contribution is 2.20. The number of hydrogen-bond acceptors (Lipinski definition) is 9. The number of aromatic nitrogens is 2. The topological polar surface area (TPSA) is 117 Å². The molecule has 5 rings (SSSR count). The van der Waals surface area contributed by atoms with Gasteiger partial charge < -0.3 is 9.64 Å². The number of anilines is 1. The van der Waals surface area contributed by atoms with Crippen molar-refractivity contribution in [1.82, 2.24) is 25.2 Å². The summed E-state index contributed by atoms with van der Waals surface area (Å²) in [6.07, 6.45) is 9.78. The molecular weight excluding hydrogens is 500 g/mol. The fourth-order valence-electron chi connectivity index (χ4n) is 4.96. The molecule has 206 valence electrons. The van der Waals surface area contributed by atoms with E-state index in [-0.39, 0.29) is 30.7 Å². The zero-order valence-electron chi connectivity index (χ0n) is 21.9. The molecule has 3 saturated heterocycles. The fourth-order valence-corrected chi connectivity index (χ4v) is 4.96. The highest BCUT2D eigenvalue weighted by molar-refractivity contribution is 6.02. The van der Waals surface area contributed by atoms with Gasteiger partial charge in [0.05, 0.1) is 11.6 Å². The second-order valence-electron chi connectivity index (χ2n) is 9.90. The van der Waals surface area contributed by atoms with Crippen molar-refractivity contribution in [3.63, 3.8) is 0 Å². The maximum absolute atomic E-state index is 12.5. The SMILES string of the molecule is O=C(NOC1CCCCO1)c1cnc(N2CCN(CC(/C=C/c3ccccc3)N3C(=O)CCC3=O)CC2)nc1. The van der Waals surface area contributed by atoms with Crippen LogP contribution in [0.2, 0.25) is 0 Å². The number of hydroxylamine groups is 1. The lowest BCUT2D eigenvalue weighted by molar-refractivity contribution is -0.186. The van der Waals surface area contributed by atoms with Gasteiger partial charge in [0.1, 0.15) is 0 Å². The van der Waals surface area contributed by atoms with E-state index in [0.29, 0.717) is 37.8 Å². The highest BCUT2D eigenvalue weighted by Gasteiger charge is 2.35. The third-order valence-corrected chi connectivity index (χ3v) is 7.15. The van der Waals surface area contributed by atoms with Crippen LogP contribution in [-0.2, 0) is 19.2 Å². The predicted molar refractivity (Wildman–Crippen MR) is 143 cm³/mol. The number of nitrogens with zero attached hydrogens (tertiary/aromatic N) is 5. The molecular formula is C28H34N6O5.